The molecule has 160 valence electrons. The Balaban J connectivity index is 1.81. The Morgan fingerprint density at radius 1 is 1.24 bits per heavy atom. The number of fused-ring (bicyclic) bond motifs is 1. The molecule has 2 aromatic heterocycles. The number of carbonyl (C=O) groups is 1. The fourth-order valence-electron chi connectivity index (χ4n) is 4.26. The molecule has 1 N–H and O–H groups in total. The van der Waals surface area contributed by atoms with Gasteiger partial charge in [0.1, 0.15) is 5.82 Å². The second-order valence-electron chi connectivity index (χ2n) is 8.44. The number of H-pyrrole nitrogens is 1. The highest BCUT2D eigenvalue weighted by atomic mass is 16.5. The van der Waals surface area contributed by atoms with Crippen LogP contribution in [-0.2, 0) is 9.53 Å². The van der Waals surface area contributed by atoms with E-state index in [1.165, 1.54) is 7.11 Å². The molecular weight excluding hydrogens is 370 g/mol. The maximum absolute atomic E-state index is 12.7. The number of likely N-dealkylation sites (N-methyl/N-ethyl adjacent to an activating group) is 2. The van der Waals surface area contributed by atoms with Crippen LogP contribution in [0.3, 0.4) is 0 Å². The van der Waals surface area contributed by atoms with Crippen LogP contribution in [0.4, 0.5) is 5.82 Å². The summed E-state index contributed by atoms with van der Waals surface area (Å²) in [5, 5.41) is 0. The number of imidazole rings is 1. The molecule has 1 atom stereocenters. The third kappa shape index (κ3) is 4.63. The van der Waals surface area contributed by atoms with Crippen molar-refractivity contribution < 1.29 is 9.53 Å². The Morgan fingerprint density at radius 2 is 1.93 bits per heavy atom. The molecule has 1 aliphatic carbocycles. The molecule has 2 heterocycles. The van der Waals surface area contributed by atoms with Crippen LogP contribution in [-0.4, -0.2) is 66.7 Å². The van der Waals surface area contributed by atoms with E-state index in [-0.39, 0.29) is 23.6 Å². The summed E-state index contributed by atoms with van der Waals surface area (Å²) in [5.74, 6) is 1.06. The number of hydrogen-bond acceptors (Lipinski definition) is 6. The second kappa shape index (κ2) is 8.98. The SMILES string of the molecule is COC(=O)C1CCC(C(C)n2c(=O)[nH]c3ccc(N(C)CCN(C)C)nc32)CC1. The summed E-state index contributed by atoms with van der Waals surface area (Å²) in [6.45, 7) is 3.87. The van der Waals surface area contributed by atoms with Gasteiger partial charge in [0.2, 0.25) is 0 Å². The molecule has 1 saturated carbocycles. The van der Waals surface area contributed by atoms with Gasteiger partial charge < -0.3 is 19.5 Å². The number of aromatic amines is 1. The lowest BCUT2D eigenvalue weighted by atomic mass is 9.79. The summed E-state index contributed by atoms with van der Waals surface area (Å²) in [6, 6.07) is 3.90. The van der Waals surface area contributed by atoms with Crippen LogP contribution in [0.2, 0.25) is 0 Å². The molecule has 29 heavy (non-hydrogen) atoms. The number of methoxy groups -OCH3 is 1. The maximum Gasteiger partial charge on any atom is 0.327 e. The zero-order valence-corrected chi connectivity index (χ0v) is 18.1. The molecule has 1 aliphatic rings. The number of ether oxygens (including phenoxy) is 1. The predicted octanol–water partition coefficient (Wildman–Crippen LogP) is 2.26. The van der Waals surface area contributed by atoms with Gasteiger partial charge in [0, 0.05) is 26.2 Å². The molecule has 0 aliphatic heterocycles. The van der Waals surface area contributed by atoms with Crippen LogP contribution in [0.1, 0.15) is 38.6 Å². The number of nitrogens with one attached hydrogen (secondary N) is 1. The third-order valence-corrected chi connectivity index (χ3v) is 6.22. The number of esters is 1. The number of hydrogen-bond donors (Lipinski definition) is 1. The van der Waals surface area contributed by atoms with Crippen LogP contribution in [0.25, 0.3) is 11.2 Å². The van der Waals surface area contributed by atoms with E-state index in [4.69, 9.17) is 9.72 Å². The van der Waals surface area contributed by atoms with E-state index in [9.17, 15) is 9.59 Å². The number of rotatable bonds is 7. The van der Waals surface area contributed by atoms with Crippen LogP contribution in [0.5, 0.6) is 0 Å². The number of aromatic nitrogens is 3. The van der Waals surface area contributed by atoms with E-state index in [1.54, 1.807) is 4.57 Å². The van der Waals surface area contributed by atoms with Crippen molar-refractivity contribution in [3.63, 3.8) is 0 Å². The van der Waals surface area contributed by atoms with Crippen molar-refractivity contribution in [3.05, 3.63) is 22.6 Å². The molecule has 0 aromatic carbocycles. The Kier molecular flexibility index (Phi) is 6.62. The van der Waals surface area contributed by atoms with Crippen molar-refractivity contribution in [1.29, 1.82) is 0 Å². The molecular formula is C21H33N5O3. The molecule has 8 heteroatoms. The van der Waals surface area contributed by atoms with Gasteiger partial charge in [-0.2, -0.15) is 0 Å². The van der Waals surface area contributed by atoms with Gasteiger partial charge in [-0.05, 0) is 64.8 Å². The standard InChI is InChI=1S/C21H33N5O3/c1-14(15-6-8-16(9-7-15)20(27)29-5)26-19-17(22-21(26)28)10-11-18(23-19)25(4)13-12-24(2)3/h10-11,14-16H,6-9,12-13H2,1-5H3,(H,22,28). The maximum atomic E-state index is 12.7. The molecule has 1 fully saturated rings. The number of anilines is 1. The minimum Gasteiger partial charge on any atom is -0.469 e. The van der Waals surface area contributed by atoms with Gasteiger partial charge in [-0.1, -0.05) is 0 Å². The van der Waals surface area contributed by atoms with Crippen molar-refractivity contribution in [3.8, 4) is 0 Å². The van der Waals surface area contributed by atoms with Gasteiger partial charge in [-0.25, -0.2) is 9.78 Å². The Morgan fingerprint density at radius 3 is 2.55 bits per heavy atom. The lowest BCUT2D eigenvalue weighted by Gasteiger charge is -2.31. The number of carbonyl (C=O) groups excluding carboxylic acids is 1. The van der Waals surface area contributed by atoms with Gasteiger partial charge in [0.15, 0.2) is 5.65 Å². The summed E-state index contributed by atoms with van der Waals surface area (Å²) in [5.41, 5.74) is 1.34. The molecule has 1 unspecified atom stereocenters. The molecule has 0 bridgehead atoms. The molecule has 0 spiro atoms. The van der Waals surface area contributed by atoms with Crippen molar-refractivity contribution in [2.45, 2.75) is 38.6 Å². The summed E-state index contributed by atoms with van der Waals surface area (Å²) in [6.07, 6.45) is 3.43. The number of nitrogens with zero attached hydrogens (tertiary/aromatic N) is 4. The molecule has 0 saturated heterocycles. The largest absolute Gasteiger partial charge is 0.469 e. The van der Waals surface area contributed by atoms with Gasteiger partial charge in [0.25, 0.3) is 0 Å². The van der Waals surface area contributed by atoms with Crippen molar-refractivity contribution in [2.75, 3.05) is 46.2 Å². The number of pyridine rings is 1. The van der Waals surface area contributed by atoms with Crippen molar-refractivity contribution in [2.24, 2.45) is 11.8 Å². The van der Waals surface area contributed by atoms with E-state index in [1.807, 2.05) is 33.3 Å². The average molecular weight is 404 g/mol. The Hall–Kier alpha value is -2.35. The predicted molar refractivity (Wildman–Crippen MR) is 114 cm³/mol. The zero-order valence-electron chi connectivity index (χ0n) is 18.1. The Bertz CT molecular complexity index is 895. The summed E-state index contributed by atoms with van der Waals surface area (Å²) in [7, 11) is 7.56. The molecule has 8 nitrogen and oxygen atoms in total. The fraction of sp³-hybridized carbons (Fsp3) is 0.667. The van der Waals surface area contributed by atoms with E-state index in [0.29, 0.717) is 11.6 Å². The van der Waals surface area contributed by atoms with Crippen LogP contribution in [0, 0.1) is 11.8 Å². The van der Waals surface area contributed by atoms with E-state index in [2.05, 4.69) is 21.7 Å². The van der Waals surface area contributed by atoms with Gasteiger partial charge >= 0.3 is 11.7 Å². The first kappa shape index (κ1) is 21.4. The molecule has 0 amide bonds. The normalized spacial score (nSPS) is 20.8. The highest BCUT2D eigenvalue weighted by molar-refractivity contribution is 5.73. The van der Waals surface area contributed by atoms with Crippen molar-refractivity contribution in [1.82, 2.24) is 19.4 Å². The zero-order chi connectivity index (χ0) is 21.1. The van der Waals surface area contributed by atoms with Crippen molar-refractivity contribution >= 4 is 23.0 Å². The Labute approximate surface area is 171 Å². The summed E-state index contributed by atoms with van der Waals surface area (Å²) in [4.78, 5) is 36.5. The highest BCUT2D eigenvalue weighted by Gasteiger charge is 2.31. The van der Waals surface area contributed by atoms with Gasteiger partial charge in [0.05, 0.1) is 18.5 Å². The first-order valence-corrected chi connectivity index (χ1v) is 10.4. The first-order valence-electron chi connectivity index (χ1n) is 10.4. The monoisotopic (exact) mass is 403 g/mol. The highest BCUT2D eigenvalue weighted by Crippen LogP contribution is 2.36. The van der Waals surface area contributed by atoms with E-state index >= 15 is 0 Å². The average Bonchev–Trinajstić information content (AvgIpc) is 3.05. The smallest absolute Gasteiger partial charge is 0.327 e. The lowest BCUT2D eigenvalue weighted by Crippen LogP contribution is -2.31. The summed E-state index contributed by atoms with van der Waals surface area (Å²) < 4.78 is 6.68. The summed E-state index contributed by atoms with van der Waals surface area (Å²) >= 11 is 0. The van der Waals surface area contributed by atoms with Gasteiger partial charge in [-0.15, -0.1) is 0 Å². The van der Waals surface area contributed by atoms with Crippen LogP contribution in [0.15, 0.2) is 16.9 Å². The third-order valence-electron chi connectivity index (χ3n) is 6.22. The molecule has 0 radical (unpaired) electrons. The molecule has 3 rings (SSSR count). The van der Waals surface area contributed by atoms with Crippen LogP contribution >= 0.6 is 0 Å². The van der Waals surface area contributed by atoms with E-state index in [0.717, 1.165) is 50.1 Å². The first-order chi connectivity index (χ1) is 13.8. The quantitative estimate of drug-likeness (QED) is 0.714. The minimum absolute atomic E-state index is 0.0155. The minimum atomic E-state index is -0.122. The molecule has 2 aromatic rings. The topological polar surface area (TPSA) is 83.5 Å². The van der Waals surface area contributed by atoms with E-state index < -0.39 is 0 Å². The fourth-order valence-corrected chi connectivity index (χ4v) is 4.26. The lowest BCUT2D eigenvalue weighted by molar-refractivity contribution is -0.146. The second-order valence-corrected chi connectivity index (χ2v) is 8.44. The van der Waals surface area contributed by atoms with Gasteiger partial charge in [-0.3, -0.25) is 9.36 Å². The van der Waals surface area contributed by atoms with Crippen LogP contribution < -0.4 is 10.6 Å².